The van der Waals surface area contributed by atoms with Crippen molar-refractivity contribution in [1.82, 2.24) is 0 Å². The zero-order chi connectivity index (χ0) is 15.2. The molecule has 0 radical (unpaired) electrons. The summed E-state index contributed by atoms with van der Waals surface area (Å²) in [6.45, 7) is 2.41. The highest BCUT2D eigenvalue weighted by atomic mass is 35.5. The summed E-state index contributed by atoms with van der Waals surface area (Å²) in [7, 11) is 1.66. The molecule has 112 valence electrons. The molecule has 1 unspecified atom stereocenters. The number of methoxy groups -OCH3 is 1. The molecule has 0 aliphatic heterocycles. The van der Waals surface area contributed by atoms with Crippen LogP contribution in [-0.2, 0) is 13.0 Å². The molecule has 21 heavy (non-hydrogen) atoms. The molecule has 3 nitrogen and oxygen atoms in total. The predicted molar refractivity (Wildman–Crippen MR) is 86.1 cm³/mol. The van der Waals surface area contributed by atoms with Crippen LogP contribution < -0.4 is 15.2 Å². The number of ether oxygens (including phenoxy) is 2. The fourth-order valence-electron chi connectivity index (χ4n) is 2.17. The van der Waals surface area contributed by atoms with Gasteiger partial charge < -0.3 is 15.2 Å². The minimum absolute atomic E-state index is 0.0529. The van der Waals surface area contributed by atoms with E-state index in [9.17, 15) is 0 Å². The Labute approximate surface area is 130 Å². The van der Waals surface area contributed by atoms with Crippen LogP contribution in [-0.4, -0.2) is 13.2 Å². The number of para-hydroxylation sites is 1. The van der Waals surface area contributed by atoms with E-state index in [1.165, 1.54) is 0 Å². The van der Waals surface area contributed by atoms with Crippen LogP contribution in [0.3, 0.4) is 0 Å². The molecule has 0 aliphatic carbocycles. The smallest absolute Gasteiger partial charge is 0.125 e. The van der Waals surface area contributed by atoms with Gasteiger partial charge in [-0.25, -0.2) is 0 Å². The lowest BCUT2D eigenvalue weighted by molar-refractivity contribution is 0.293. The van der Waals surface area contributed by atoms with Crippen molar-refractivity contribution >= 4 is 11.6 Å². The lowest BCUT2D eigenvalue weighted by atomic mass is 10.1. The van der Waals surface area contributed by atoms with Gasteiger partial charge in [0.1, 0.15) is 18.1 Å². The molecule has 0 bridgehead atoms. The quantitative estimate of drug-likeness (QED) is 0.882. The van der Waals surface area contributed by atoms with Crippen LogP contribution in [0.25, 0.3) is 0 Å². The summed E-state index contributed by atoms with van der Waals surface area (Å²) in [6.07, 6.45) is 0.724. The monoisotopic (exact) mass is 305 g/mol. The maximum Gasteiger partial charge on any atom is 0.125 e. The molecule has 0 fully saturated rings. The summed E-state index contributed by atoms with van der Waals surface area (Å²) in [4.78, 5) is 0. The van der Waals surface area contributed by atoms with Crippen molar-refractivity contribution < 1.29 is 9.47 Å². The Bertz CT molecular complexity index is 599. The second-order valence-electron chi connectivity index (χ2n) is 5.03. The maximum atomic E-state index is 6.05. The molecule has 0 saturated carbocycles. The molecule has 0 aromatic heterocycles. The molecule has 2 rings (SSSR count). The van der Waals surface area contributed by atoms with Gasteiger partial charge in [-0.05, 0) is 43.2 Å². The Kier molecular flexibility index (Phi) is 5.48. The fourth-order valence-corrected chi connectivity index (χ4v) is 2.37. The van der Waals surface area contributed by atoms with E-state index in [1.807, 2.05) is 49.4 Å². The van der Waals surface area contributed by atoms with Crippen molar-refractivity contribution in [2.24, 2.45) is 5.73 Å². The number of halogens is 1. The predicted octanol–water partition coefficient (Wildman–Crippen LogP) is 3.82. The minimum Gasteiger partial charge on any atom is -0.496 e. The largest absolute Gasteiger partial charge is 0.496 e. The Morgan fingerprint density at radius 3 is 2.57 bits per heavy atom. The highest BCUT2D eigenvalue weighted by Gasteiger charge is 2.09. The molecule has 0 heterocycles. The normalized spacial score (nSPS) is 12.0. The molecule has 0 spiro atoms. The van der Waals surface area contributed by atoms with Gasteiger partial charge >= 0.3 is 0 Å². The van der Waals surface area contributed by atoms with Gasteiger partial charge in [0.25, 0.3) is 0 Å². The number of nitrogens with two attached hydrogens (primary N) is 1. The first kappa shape index (κ1) is 15.7. The highest BCUT2D eigenvalue weighted by molar-refractivity contribution is 6.30. The molecule has 0 aliphatic rings. The third kappa shape index (κ3) is 4.38. The van der Waals surface area contributed by atoms with Crippen molar-refractivity contribution in [3.8, 4) is 11.5 Å². The van der Waals surface area contributed by atoms with E-state index in [0.717, 1.165) is 29.0 Å². The van der Waals surface area contributed by atoms with Crippen LogP contribution >= 0.6 is 11.6 Å². The second-order valence-corrected chi connectivity index (χ2v) is 5.47. The summed E-state index contributed by atoms with van der Waals surface area (Å²) >= 11 is 6.05. The summed E-state index contributed by atoms with van der Waals surface area (Å²) < 4.78 is 11.3. The Hall–Kier alpha value is -1.71. The molecule has 4 heteroatoms. The van der Waals surface area contributed by atoms with Crippen molar-refractivity contribution in [2.45, 2.75) is 26.0 Å². The van der Waals surface area contributed by atoms with Crippen molar-refractivity contribution in [3.63, 3.8) is 0 Å². The average Bonchev–Trinajstić information content (AvgIpc) is 2.46. The Morgan fingerprint density at radius 1 is 1.10 bits per heavy atom. The van der Waals surface area contributed by atoms with E-state index in [1.54, 1.807) is 7.11 Å². The third-order valence-corrected chi connectivity index (χ3v) is 3.38. The van der Waals surface area contributed by atoms with Gasteiger partial charge in [0.05, 0.1) is 7.11 Å². The van der Waals surface area contributed by atoms with Gasteiger partial charge in [-0.2, -0.15) is 0 Å². The van der Waals surface area contributed by atoms with E-state index in [0.29, 0.717) is 11.6 Å². The zero-order valence-corrected chi connectivity index (χ0v) is 13.1. The van der Waals surface area contributed by atoms with Gasteiger partial charge in [0.15, 0.2) is 0 Å². The third-order valence-electron chi connectivity index (χ3n) is 3.14. The van der Waals surface area contributed by atoms with Crippen molar-refractivity contribution in [1.29, 1.82) is 0 Å². The van der Waals surface area contributed by atoms with Crippen LogP contribution in [0.2, 0.25) is 5.02 Å². The number of benzene rings is 2. The Balaban J connectivity index is 2.16. The van der Waals surface area contributed by atoms with Crippen LogP contribution in [0.1, 0.15) is 18.1 Å². The van der Waals surface area contributed by atoms with Crippen LogP contribution in [0.5, 0.6) is 11.5 Å². The first-order valence-corrected chi connectivity index (χ1v) is 7.26. The van der Waals surface area contributed by atoms with E-state index in [4.69, 9.17) is 26.8 Å². The summed E-state index contributed by atoms with van der Waals surface area (Å²) in [5, 5.41) is 0.690. The van der Waals surface area contributed by atoms with Gasteiger partial charge in [-0.3, -0.25) is 0 Å². The lowest BCUT2D eigenvalue weighted by Crippen LogP contribution is -2.18. The zero-order valence-electron chi connectivity index (χ0n) is 12.3. The molecule has 1 atom stereocenters. The molecule has 0 saturated heterocycles. The van der Waals surface area contributed by atoms with Gasteiger partial charge in [-0.15, -0.1) is 0 Å². The molecule has 2 N–H and O–H groups in total. The van der Waals surface area contributed by atoms with Gasteiger partial charge in [0, 0.05) is 16.6 Å². The first-order chi connectivity index (χ1) is 10.1. The molecular weight excluding hydrogens is 286 g/mol. The molecular formula is C17H20ClNO2. The summed E-state index contributed by atoms with van der Waals surface area (Å²) in [5.74, 6) is 1.63. The Morgan fingerprint density at radius 2 is 1.86 bits per heavy atom. The minimum atomic E-state index is 0.0529. The number of hydrogen-bond acceptors (Lipinski definition) is 3. The lowest BCUT2D eigenvalue weighted by Gasteiger charge is -2.15. The van der Waals surface area contributed by atoms with Gasteiger partial charge in [0.2, 0.25) is 0 Å². The topological polar surface area (TPSA) is 44.5 Å². The standard InChI is InChI=1S/C17H20ClNO2/c1-12(19)9-14-10-15(18)7-8-17(14)21-11-13-5-3-4-6-16(13)20-2/h3-8,10,12H,9,11,19H2,1-2H3. The van der Waals surface area contributed by atoms with Crippen LogP contribution in [0.15, 0.2) is 42.5 Å². The first-order valence-electron chi connectivity index (χ1n) is 6.89. The number of rotatable bonds is 6. The van der Waals surface area contributed by atoms with E-state index >= 15 is 0 Å². The fraction of sp³-hybridized carbons (Fsp3) is 0.294. The SMILES string of the molecule is COc1ccccc1COc1ccc(Cl)cc1CC(C)N. The van der Waals surface area contributed by atoms with E-state index in [-0.39, 0.29) is 6.04 Å². The average molecular weight is 306 g/mol. The van der Waals surface area contributed by atoms with Crippen LogP contribution in [0, 0.1) is 0 Å². The summed E-state index contributed by atoms with van der Waals surface area (Å²) in [6, 6.07) is 13.5. The van der Waals surface area contributed by atoms with Crippen molar-refractivity contribution in [3.05, 3.63) is 58.6 Å². The molecule has 2 aromatic carbocycles. The summed E-state index contributed by atoms with van der Waals surface area (Å²) in [5.41, 5.74) is 7.90. The van der Waals surface area contributed by atoms with E-state index in [2.05, 4.69) is 0 Å². The van der Waals surface area contributed by atoms with Crippen molar-refractivity contribution in [2.75, 3.05) is 7.11 Å². The molecule has 2 aromatic rings. The van der Waals surface area contributed by atoms with Crippen LogP contribution in [0.4, 0.5) is 0 Å². The highest BCUT2D eigenvalue weighted by Crippen LogP contribution is 2.26. The maximum absolute atomic E-state index is 6.05. The van der Waals surface area contributed by atoms with E-state index < -0.39 is 0 Å². The molecule has 0 amide bonds. The van der Waals surface area contributed by atoms with Gasteiger partial charge in [-0.1, -0.05) is 29.8 Å². The number of hydrogen-bond donors (Lipinski definition) is 1. The second kappa shape index (κ2) is 7.34.